The molecule has 4 nitrogen and oxygen atoms in total. The Hall–Kier alpha value is -1.55. The summed E-state index contributed by atoms with van der Waals surface area (Å²) in [5, 5.41) is 3.34. The number of piperidine rings is 1. The predicted molar refractivity (Wildman–Crippen MR) is 86.7 cm³/mol. The molecule has 2 amide bonds. The first-order chi connectivity index (χ1) is 10.6. The van der Waals surface area contributed by atoms with E-state index in [9.17, 15) is 9.59 Å². The maximum absolute atomic E-state index is 12.5. The van der Waals surface area contributed by atoms with Gasteiger partial charge in [0.25, 0.3) is 0 Å². The van der Waals surface area contributed by atoms with Crippen LogP contribution in [-0.4, -0.2) is 29.8 Å². The second-order valence-electron chi connectivity index (χ2n) is 6.45. The Labute approximate surface area is 135 Å². The first-order valence-electron chi connectivity index (χ1n) is 7.90. The van der Waals surface area contributed by atoms with Gasteiger partial charge in [0.15, 0.2) is 0 Å². The molecule has 1 aliphatic heterocycles. The van der Waals surface area contributed by atoms with Crippen LogP contribution in [-0.2, 0) is 9.59 Å². The molecule has 3 rings (SSSR count). The standard InChI is InChI=1S/C17H21ClN2O2/c1-11-5-4-8-20(10-11)17(22)13-9-12(13)16(21)19-15-7-3-2-6-14(15)18/h2-3,6-7,11-13H,4-5,8-10H2,1H3,(H,19,21). The average molecular weight is 321 g/mol. The van der Waals surface area contributed by atoms with Crippen LogP contribution in [0.2, 0.25) is 5.02 Å². The predicted octanol–water partition coefficient (Wildman–Crippen LogP) is 3.17. The van der Waals surface area contributed by atoms with Crippen molar-refractivity contribution in [2.24, 2.45) is 17.8 Å². The van der Waals surface area contributed by atoms with Gasteiger partial charge in [0.2, 0.25) is 11.8 Å². The highest BCUT2D eigenvalue weighted by molar-refractivity contribution is 6.33. The molecule has 5 heteroatoms. The van der Waals surface area contributed by atoms with Crippen molar-refractivity contribution < 1.29 is 9.59 Å². The zero-order valence-corrected chi connectivity index (χ0v) is 13.5. The van der Waals surface area contributed by atoms with E-state index < -0.39 is 0 Å². The monoisotopic (exact) mass is 320 g/mol. The van der Waals surface area contributed by atoms with Crippen molar-refractivity contribution >= 4 is 29.1 Å². The Balaban J connectivity index is 1.56. The van der Waals surface area contributed by atoms with Crippen LogP contribution in [0.1, 0.15) is 26.2 Å². The number of rotatable bonds is 3. The average Bonchev–Trinajstić information content (AvgIpc) is 3.29. The molecule has 1 aromatic rings. The number of likely N-dealkylation sites (tertiary alicyclic amines) is 1. The third-order valence-corrected chi connectivity index (χ3v) is 4.87. The van der Waals surface area contributed by atoms with Crippen molar-refractivity contribution in [1.82, 2.24) is 4.90 Å². The lowest BCUT2D eigenvalue weighted by Crippen LogP contribution is -2.40. The molecule has 1 aromatic carbocycles. The first-order valence-corrected chi connectivity index (χ1v) is 8.28. The van der Waals surface area contributed by atoms with E-state index in [1.165, 1.54) is 6.42 Å². The van der Waals surface area contributed by atoms with Crippen LogP contribution in [0.15, 0.2) is 24.3 Å². The number of carbonyl (C=O) groups is 2. The zero-order chi connectivity index (χ0) is 15.7. The Morgan fingerprint density at radius 3 is 2.77 bits per heavy atom. The van der Waals surface area contributed by atoms with Crippen LogP contribution >= 0.6 is 11.6 Å². The fourth-order valence-corrected chi connectivity index (χ4v) is 3.35. The second kappa shape index (κ2) is 6.29. The molecule has 1 saturated carbocycles. The molecular weight excluding hydrogens is 300 g/mol. The Bertz CT molecular complexity index is 590. The van der Waals surface area contributed by atoms with Crippen molar-refractivity contribution in [3.05, 3.63) is 29.3 Å². The summed E-state index contributed by atoms with van der Waals surface area (Å²) in [5.74, 6) is 0.253. The smallest absolute Gasteiger partial charge is 0.228 e. The normalized spacial score (nSPS) is 27.4. The number of hydrogen-bond donors (Lipinski definition) is 1. The molecule has 2 fully saturated rings. The minimum Gasteiger partial charge on any atom is -0.342 e. The molecule has 2 aliphatic rings. The van der Waals surface area contributed by atoms with Gasteiger partial charge < -0.3 is 10.2 Å². The molecule has 3 atom stereocenters. The van der Waals surface area contributed by atoms with Crippen molar-refractivity contribution in [3.8, 4) is 0 Å². The third kappa shape index (κ3) is 3.27. The molecule has 1 saturated heterocycles. The van der Waals surface area contributed by atoms with E-state index in [0.717, 1.165) is 19.5 Å². The van der Waals surface area contributed by atoms with Gasteiger partial charge in [-0.1, -0.05) is 30.7 Å². The summed E-state index contributed by atoms with van der Waals surface area (Å²) in [6.07, 6.45) is 2.90. The number of halogens is 1. The van der Waals surface area contributed by atoms with Crippen LogP contribution in [0.25, 0.3) is 0 Å². The highest BCUT2D eigenvalue weighted by Crippen LogP contribution is 2.41. The fraction of sp³-hybridized carbons (Fsp3) is 0.529. The summed E-state index contributed by atoms with van der Waals surface area (Å²) in [6.45, 7) is 3.83. The summed E-state index contributed by atoms with van der Waals surface area (Å²) in [5.41, 5.74) is 0.610. The van der Waals surface area contributed by atoms with Crippen LogP contribution in [0.5, 0.6) is 0 Å². The van der Waals surface area contributed by atoms with E-state index in [1.54, 1.807) is 12.1 Å². The molecule has 3 unspecified atom stereocenters. The molecule has 1 N–H and O–H groups in total. The number of anilines is 1. The van der Waals surface area contributed by atoms with E-state index in [-0.39, 0.29) is 23.7 Å². The number of benzene rings is 1. The van der Waals surface area contributed by atoms with Gasteiger partial charge in [-0.05, 0) is 37.3 Å². The van der Waals surface area contributed by atoms with Gasteiger partial charge in [-0.25, -0.2) is 0 Å². The van der Waals surface area contributed by atoms with Gasteiger partial charge in [-0.3, -0.25) is 9.59 Å². The molecule has 22 heavy (non-hydrogen) atoms. The maximum atomic E-state index is 12.5. The van der Waals surface area contributed by atoms with E-state index in [2.05, 4.69) is 12.2 Å². The number of para-hydroxylation sites is 1. The van der Waals surface area contributed by atoms with Gasteiger partial charge in [0.1, 0.15) is 0 Å². The zero-order valence-electron chi connectivity index (χ0n) is 12.7. The highest BCUT2D eigenvalue weighted by atomic mass is 35.5. The largest absolute Gasteiger partial charge is 0.342 e. The SMILES string of the molecule is CC1CCCN(C(=O)C2CC2C(=O)Nc2ccccc2Cl)C1. The van der Waals surface area contributed by atoms with Crippen molar-refractivity contribution in [2.75, 3.05) is 18.4 Å². The summed E-state index contributed by atoms with van der Waals surface area (Å²) in [6, 6.07) is 7.15. The lowest BCUT2D eigenvalue weighted by molar-refractivity contribution is -0.135. The number of amides is 2. The van der Waals surface area contributed by atoms with Gasteiger partial charge in [-0.2, -0.15) is 0 Å². The molecule has 0 radical (unpaired) electrons. The molecule has 1 aliphatic carbocycles. The minimum atomic E-state index is -0.207. The Kier molecular flexibility index (Phi) is 4.39. The molecule has 1 heterocycles. The van der Waals surface area contributed by atoms with E-state index in [0.29, 0.717) is 23.0 Å². The highest BCUT2D eigenvalue weighted by Gasteiger charge is 2.49. The Morgan fingerprint density at radius 2 is 2.05 bits per heavy atom. The summed E-state index contributed by atoms with van der Waals surface area (Å²) < 4.78 is 0. The van der Waals surface area contributed by atoms with Crippen LogP contribution in [0.3, 0.4) is 0 Å². The topological polar surface area (TPSA) is 49.4 Å². The lowest BCUT2D eigenvalue weighted by Gasteiger charge is -2.31. The van der Waals surface area contributed by atoms with E-state index in [1.807, 2.05) is 17.0 Å². The van der Waals surface area contributed by atoms with Gasteiger partial charge in [-0.15, -0.1) is 0 Å². The summed E-state index contributed by atoms with van der Waals surface area (Å²) >= 11 is 6.04. The third-order valence-electron chi connectivity index (χ3n) is 4.54. The van der Waals surface area contributed by atoms with Crippen molar-refractivity contribution in [2.45, 2.75) is 26.2 Å². The van der Waals surface area contributed by atoms with Gasteiger partial charge in [0, 0.05) is 13.1 Å². The lowest BCUT2D eigenvalue weighted by atomic mass is 10.00. The number of nitrogens with one attached hydrogen (secondary N) is 1. The van der Waals surface area contributed by atoms with E-state index in [4.69, 9.17) is 11.6 Å². The quantitative estimate of drug-likeness (QED) is 0.930. The van der Waals surface area contributed by atoms with Gasteiger partial charge in [0.05, 0.1) is 22.5 Å². The number of nitrogens with zero attached hydrogens (tertiary/aromatic N) is 1. The number of carbonyl (C=O) groups excluding carboxylic acids is 2. The molecular formula is C17H21ClN2O2. The van der Waals surface area contributed by atoms with Crippen LogP contribution in [0, 0.1) is 17.8 Å². The fourth-order valence-electron chi connectivity index (χ4n) is 3.17. The van der Waals surface area contributed by atoms with Crippen LogP contribution in [0.4, 0.5) is 5.69 Å². The minimum absolute atomic E-state index is 0.100. The molecule has 118 valence electrons. The van der Waals surface area contributed by atoms with Gasteiger partial charge >= 0.3 is 0 Å². The summed E-state index contributed by atoms with van der Waals surface area (Å²) in [7, 11) is 0. The number of hydrogen-bond acceptors (Lipinski definition) is 2. The molecule has 0 bridgehead atoms. The van der Waals surface area contributed by atoms with E-state index >= 15 is 0 Å². The maximum Gasteiger partial charge on any atom is 0.228 e. The van der Waals surface area contributed by atoms with Crippen molar-refractivity contribution in [3.63, 3.8) is 0 Å². The van der Waals surface area contributed by atoms with Crippen molar-refractivity contribution in [1.29, 1.82) is 0 Å². The summed E-state index contributed by atoms with van der Waals surface area (Å²) in [4.78, 5) is 26.6. The molecule has 0 spiro atoms. The Morgan fingerprint density at radius 1 is 1.27 bits per heavy atom. The molecule has 0 aromatic heterocycles. The van der Waals surface area contributed by atoms with Crippen LogP contribution < -0.4 is 5.32 Å². The second-order valence-corrected chi connectivity index (χ2v) is 6.86. The first kappa shape index (κ1) is 15.3.